The number of benzene rings is 2. The number of nitrogens with zero attached hydrogens (tertiary/aromatic N) is 4. The van der Waals surface area contributed by atoms with Crippen LogP contribution < -0.4 is 4.90 Å². The van der Waals surface area contributed by atoms with Crippen molar-refractivity contribution in [2.45, 2.75) is 4.90 Å². The first-order valence-corrected chi connectivity index (χ1v) is 12.0. The number of carbonyl (C=O) groups excluding carboxylic acids is 1. The third-order valence-corrected chi connectivity index (χ3v) is 8.29. The molecule has 7 nitrogen and oxygen atoms in total. The zero-order valence-corrected chi connectivity index (χ0v) is 19.0. The normalized spacial score (nSPS) is 15.2. The van der Waals surface area contributed by atoms with Gasteiger partial charge in [-0.1, -0.05) is 29.0 Å². The predicted octanol–water partition coefficient (Wildman–Crippen LogP) is 3.16. The maximum atomic E-state index is 12.8. The zero-order chi connectivity index (χ0) is 21.5. The second-order valence-electron chi connectivity index (χ2n) is 7.17. The lowest BCUT2D eigenvalue weighted by molar-refractivity contribution is 0.0746. The number of fused-ring (bicyclic) bond motifs is 1. The molecule has 10 heteroatoms. The van der Waals surface area contributed by atoms with Gasteiger partial charge in [-0.25, -0.2) is 17.7 Å². The topological polar surface area (TPSA) is 73.8 Å². The number of anilines is 1. The van der Waals surface area contributed by atoms with Crippen LogP contribution >= 0.6 is 22.9 Å². The fourth-order valence-electron chi connectivity index (χ4n) is 3.30. The van der Waals surface area contributed by atoms with Crippen LogP contribution in [0.2, 0.25) is 5.02 Å². The lowest BCUT2D eigenvalue weighted by Crippen LogP contribution is -2.48. The Balaban J connectivity index is 1.43. The minimum Gasteiger partial charge on any atom is -0.345 e. The van der Waals surface area contributed by atoms with Gasteiger partial charge < -0.3 is 9.80 Å². The van der Waals surface area contributed by atoms with Gasteiger partial charge in [0.15, 0.2) is 5.13 Å². The molecule has 0 bridgehead atoms. The molecular formula is C20H21ClN4O3S2. The summed E-state index contributed by atoms with van der Waals surface area (Å²) < 4.78 is 26.6. The van der Waals surface area contributed by atoms with Crippen LogP contribution in [0.5, 0.6) is 0 Å². The van der Waals surface area contributed by atoms with Crippen molar-refractivity contribution in [2.24, 2.45) is 0 Å². The number of halogens is 1. The van der Waals surface area contributed by atoms with Gasteiger partial charge in [-0.05, 0) is 36.4 Å². The first-order valence-electron chi connectivity index (χ1n) is 9.39. The van der Waals surface area contributed by atoms with E-state index >= 15 is 0 Å². The molecule has 2 heterocycles. The standard InChI is InChI=1S/C20H21ClN4O3S2/c1-23(2)30(27,28)15-8-6-14(7-9-15)19(26)24-10-12-25(13-11-24)20-22-18-16(21)4-3-5-17(18)29-20/h3-9H,10-13H2,1-2H3. The molecular weight excluding hydrogens is 444 g/mol. The van der Waals surface area contributed by atoms with Crippen molar-refractivity contribution in [1.29, 1.82) is 0 Å². The van der Waals surface area contributed by atoms with Crippen molar-refractivity contribution in [2.75, 3.05) is 45.2 Å². The molecule has 1 amide bonds. The Kier molecular flexibility index (Phi) is 5.71. The first-order chi connectivity index (χ1) is 14.3. The summed E-state index contributed by atoms with van der Waals surface area (Å²) in [4.78, 5) is 21.6. The molecule has 4 rings (SSSR count). The third kappa shape index (κ3) is 3.90. The molecule has 1 aliphatic rings. The van der Waals surface area contributed by atoms with Crippen LogP contribution in [0, 0.1) is 0 Å². The highest BCUT2D eigenvalue weighted by Crippen LogP contribution is 2.33. The van der Waals surface area contributed by atoms with Crippen LogP contribution in [0.4, 0.5) is 5.13 Å². The first kappa shape index (κ1) is 21.0. The van der Waals surface area contributed by atoms with Crippen LogP contribution in [-0.2, 0) is 10.0 Å². The highest BCUT2D eigenvalue weighted by atomic mass is 35.5. The van der Waals surface area contributed by atoms with E-state index in [1.54, 1.807) is 28.4 Å². The van der Waals surface area contributed by atoms with Gasteiger partial charge in [-0.15, -0.1) is 0 Å². The van der Waals surface area contributed by atoms with E-state index in [1.165, 1.54) is 26.2 Å². The van der Waals surface area contributed by atoms with E-state index in [0.29, 0.717) is 36.8 Å². The number of thiazole rings is 1. The number of sulfonamides is 1. The van der Waals surface area contributed by atoms with Crippen LogP contribution in [0.15, 0.2) is 47.4 Å². The third-order valence-electron chi connectivity index (χ3n) is 5.08. The van der Waals surface area contributed by atoms with Crippen molar-refractivity contribution in [3.05, 3.63) is 53.1 Å². The minimum absolute atomic E-state index is 0.101. The van der Waals surface area contributed by atoms with Crippen LogP contribution in [-0.4, -0.2) is 68.8 Å². The fraction of sp³-hybridized carbons (Fsp3) is 0.300. The van der Waals surface area contributed by atoms with Gasteiger partial charge in [0.25, 0.3) is 5.91 Å². The van der Waals surface area contributed by atoms with Crippen molar-refractivity contribution < 1.29 is 13.2 Å². The summed E-state index contributed by atoms with van der Waals surface area (Å²) in [5.74, 6) is -0.101. The Bertz CT molecular complexity index is 1180. The largest absolute Gasteiger partial charge is 0.345 e. The number of rotatable bonds is 4. The minimum atomic E-state index is -3.51. The number of para-hydroxylation sites is 1. The Morgan fingerprint density at radius 3 is 2.33 bits per heavy atom. The van der Waals surface area contributed by atoms with Crippen LogP contribution in [0.25, 0.3) is 10.2 Å². The lowest BCUT2D eigenvalue weighted by Gasteiger charge is -2.34. The number of hydrogen-bond donors (Lipinski definition) is 0. The summed E-state index contributed by atoms with van der Waals surface area (Å²) >= 11 is 7.83. The van der Waals surface area contributed by atoms with Gasteiger partial charge in [0.2, 0.25) is 10.0 Å². The Morgan fingerprint density at radius 1 is 1.07 bits per heavy atom. The highest BCUT2D eigenvalue weighted by molar-refractivity contribution is 7.89. The van der Waals surface area contributed by atoms with Crippen molar-refractivity contribution in [1.82, 2.24) is 14.2 Å². The molecule has 0 spiro atoms. The lowest BCUT2D eigenvalue weighted by atomic mass is 10.2. The number of piperazine rings is 1. The molecule has 1 fully saturated rings. The number of hydrogen-bond acceptors (Lipinski definition) is 6. The van der Waals surface area contributed by atoms with Gasteiger partial charge in [0, 0.05) is 45.8 Å². The van der Waals surface area contributed by atoms with Gasteiger partial charge in [0.1, 0.15) is 5.52 Å². The van der Waals surface area contributed by atoms with Crippen molar-refractivity contribution >= 4 is 54.2 Å². The van der Waals surface area contributed by atoms with Crippen LogP contribution in [0.3, 0.4) is 0 Å². The summed E-state index contributed by atoms with van der Waals surface area (Å²) in [6.45, 7) is 2.49. The SMILES string of the molecule is CN(C)S(=O)(=O)c1ccc(C(=O)N2CCN(c3nc4c(Cl)cccc4s3)CC2)cc1. The van der Waals surface area contributed by atoms with E-state index in [4.69, 9.17) is 11.6 Å². The van der Waals surface area contributed by atoms with Crippen molar-refractivity contribution in [3.63, 3.8) is 0 Å². The monoisotopic (exact) mass is 464 g/mol. The molecule has 3 aromatic rings. The molecule has 1 aromatic heterocycles. The summed E-state index contributed by atoms with van der Waals surface area (Å²) in [7, 11) is -0.551. The maximum absolute atomic E-state index is 12.8. The van der Waals surface area contributed by atoms with Gasteiger partial charge in [-0.2, -0.15) is 0 Å². The smallest absolute Gasteiger partial charge is 0.253 e. The Hall–Kier alpha value is -2.20. The molecule has 2 aromatic carbocycles. The van der Waals surface area contributed by atoms with Crippen molar-refractivity contribution in [3.8, 4) is 0 Å². The zero-order valence-electron chi connectivity index (χ0n) is 16.6. The molecule has 0 radical (unpaired) electrons. The number of amides is 1. The van der Waals surface area contributed by atoms with Gasteiger partial charge >= 0.3 is 0 Å². The fourth-order valence-corrected chi connectivity index (χ4v) is 5.52. The number of aromatic nitrogens is 1. The average Bonchev–Trinajstić information content (AvgIpc) is 3.19. The summed E-state index contributed by atoms with van der Waals surface area (Å²) in [5.41, 5.74) is 1.29. The predicted molar refractivity (Wildman–Crippen MR) is 120 cm³/mol. The molecule has 30 heavy (non-hydrogen) atoms. The van der Waals surface area contributed by atoms with E-state index in [0.717, 1.165) is 19.7 Å². The molecule has 0 atom stereocenters. The number of carbonyl (C=O) groups is 1. The van der Waals surface area contributed by atoms with Gasteiger partial charge in [0.05, 0.1) is 14.6 Å². The highest BCUT2D eigenvalue weighted by Gasteiger charge is 2.25. The molecule has 1 saturated heterocycles. The molecule has 158 valence electrons. The average molecular weight is 465 g/mol. The molecule has 0 N–H and O–H groups in total. The summed E-state index contributed by atoms with van der Waals surface area (Å²) in [6.07, 6.45) is 0. The quantitative estimate of drug-likeness (QED) is 0.593. The maximum Gasteiger partial charge on any atom is 0.253 e. The summed E-state index contributed by atoms with van der Waals surface area (Å²) in [6, 6.07) is 11.8. The van der Waals surface area contributed by atoms with Crippen LogP contribution in [0.1, 0.15) is 10.4 Å². The van der Waals surface area contributed by atoms with E-state index in [2.05, 4.69) is 9.88 Å². The Labute approximate surface area is 184 Å². The van der Waals surface area contributed by atoms with E-state index in [9.17, 15) is 13.2 Å². The van der Waals surface area contributed by atoms with Gasteiger partial charge in [-0.3, -0.25) is 4.79 Å². The molecule has 1 aliphatic heterocycles. The van der Waals surface area contributed by atoms with E-state index < -0.39 is 10.0 Å². The van der Waals surface area contributed by atoms with E-state index in [1.807, 2.05) is 18.2 Å². The molecule has 0 aliphatic carbocycles. The Morgan fingerprint density at radius 2 is 1.73 bits per heavy atom. The summed E-state index contributed by atoms with van der Waals surface area (Å²) in [5, 5.41) is 1.55. The molecule has 0 saturated carbocycles. The van der Waals surface area contributed by atoms with E-state index in [-0.39, 0.29) is 10.8 Å². The second-order valence-corrected chi connectivity index (χ2v) is 10.7. The second kappa shape index (κ2) is 8.14. The molecule has 0 unspecified atom stereocenters.